The number of carbonyl (C=O) groups excluding carboxylic acids is 2. The summed E-state index contributed by atoms with van der Waals surface area (Å²) in [5.74, 6) is -0.903. The highest BCUT2D eigenvalue weighted by molar-refractivity contribution is 5.96. The van der Waals surface area contributed by atoms with Crippen LogP contribution in [0.3, 0.4) is 0 Å². The molecule has 1 N–H and O–H groups in total. The third-order valence-corrected chi connectivity index (χ3v) is 5.44. The zero-order chi connectivity index (χ0) is 20.4. The molecule has 0 radical (unpaired) electrons. The van der Waals surface area contributed by atoms with Gasteiger partial charge in [0.2, 0.25) is 5.91 Å². The fourth-order valence-corrected chi connectivity index (χ4v) is 4.07. The molecule has 2 heterocycles. The van der Waals surface area contributed by atoms with Gasteiger partial charge in [0, 0.05) is 37.7 Å². The Labute approximate surface area is 164 Å². The number of nitrogens with zero attached hydrogens (tertiary/aromatic N) is 3. The summed E-state index contributed by atoms with van der Waals surface area (Å²) in [6, 6.07) is 7.00. The van der Waals surface area contributed by atoms with Crippen molar-refractivity contribution in [2.45, 2.75) is 46.1 Å². The first kappa shape index (κ1) is 19.8. The molecule has 1 aliphatic heterocycles. The van der Waals surface area contributed by atoms with E-state index in [0.717, 1.165) is 17.7 Å². The van der Waals surface area contributed by atoms with Crippen molar-refractivity contribution in [3.8, 4) is 0 Å². The first-order valence-electron chi connectivity index (χ1n) is 9.44. The number of hydrogen-bond donors (Lipinski definition) is 1. The molecule has 7 nitrogen and oxygen atoms in total. The molecular formula is C21H25N3O4. The lowest BCUT2D eigenvalue weighted by Gasteiger charge is -2.18. The van der Waals surface area contributed by atoms with Crippen molar-refractivity contribution in [1.29, 1.82) is 0 Å². The van der Waals surface area contributed by atoms with E-state index in [1.165, 1.54) is 6.92 Å². The Hall–Kier alpha value is -2.96. The zero-order valence-electron chi connectivity index (χ0n) is 16.4. The quantitative estimate of drug-likeness (QED) is 0.775. The van der Waals surface area contributed by atoms with Crippen molar-refractivity contribution in [2.24, 2.45) is 0 Å². The predicted octanol–water partition coefficient (Wildman–Crippen LogP) is 2.81. The topological polar surface area (TPSA) is 92.5 Å². The molecule has 148 valence electrons. The van der Waals surface area contributed by atoms with Crippen LogP contribution < -0.4 is 0 Å². The summed E-state index contributed by atoms with van der Waals surface area (Å²) in [4.78, 5) is 37.6. The van der Waals surface area contributed by atoms with Gasteiger partial charge in [0.05, 0.1) is 16.8 Å². The number of aromatic nitrogens is 2. The summed E-state index contributed by atoms with van der Waals surface area (Å²) in [6.45, 7) is 6.73. The summed E-state index contributed by atoms with van der Waals surface area (Å²) < 4.78 is 1.72. The van der Waals surface area contributed by atoms with Gasteiger partial charge < -0.3 is 10.0 Å². The minimum Gasteiger partial charge on any atom is -0.478 e. The smallest absolute Gasteiger partial charge is 0.335 e. The highest BCUT2D eigenvalue weighted by Gasteiger charge is 2.29. The summed E-state index contributed by atoms with van der Waals surface area (Å²) in [5, 5.41) is 13.8. The number of carbonyl (C=O) groups is 3. The average Bonchev–Trinajstić information content (AvgIpc) is 3.24. The number of aryl methyl sites for hydroxylation is 2. The van der Waals surface area contributed by atoms with E-state index in [0.29, 0.717) is 42.9 Å². The molecule has 1 aliphatic rings. The third kappa shape index (κ3) is 3.83. The van der Waals surface area contributed by atoms with Crippen molar-refractivity contribution in [1.82, 2.24) is 14.7 Å². The molecule has 0 saturated carbocycles. The van der Waals surface area contributed by atoms with Gasteiger partial charge >= 0.3 is 5.97 Å². The Morgan fingerprint density at radius 3 is 2.57 bits per heavy atom. The first-order valence-corrected chi connectivity index (χ1v) is 9.44. The predicted molar refractivity (Wildman–Crippen MR) is 104 cm³/mol. The van der Waals surface area contributed by atoms with E-state index in [9.17, 15) is 19.5 Å². The van der Waals surface area contributed by atoms with E-state index < -0.39 is 5.97 Å². The van der Waals surface area contributed by atoms with Gasteiger partial charge in [-0.05, 0) is 38.8 Å². The molecule has 1 amide bonds. The third-order valence-electron chi connectivity index (χ3n) is 5.44. The number of ketones is 1. The molecule has 0 spiro atoms. The molecular weight excluding hydrogens is 358 g/mol. The van der Waals surface area contributed by atoms with E-state index in [1.807, 2.05) is 19.1 Å². The largest absolute Gasteiger partial charge is 0.478 e. The fraction of sp³-hybridized carbons (Fsp3) is 0.429. The van der Waals surface area contributed by atoms with Gasteiger partial charge in [-0.2, -0.15) is 5.10 Å². The maximum Gasteiger partial charge on any atom is 0.335 e. The van der Waals surface area contributed by atoms with E-state index >= 15 is 0 Å². The van der Waals surface area contributed by atoms with Crippen molar-refractivity contribution in [3.63, 3.8) is 0 Å². The van der Waals surface area contributed by atoms with E-state index in [-0.39, 0.29) is 17.6 Å². The first-order chi connectivity index (χ1) is 13.3. The van der Waals surface area contributed by atoms with Crippen LogP contribution in [-0.4, -0.2) is 50.5 Å². The summed E-state index contributed by atoms with van der Waals surface area (Å²) in [5.41, 5.74) is 3.19. The van der Waals surface area contributed by atoms with Crippen LogP contribution in [0.15, 0.2) is 24.3 Å². The van der Waals surface area contributed by atoms with Gasteiger partial charge in [0.25, 0.3) is 0 Å². The zero-order valence-corrected chi connectivity index (χ0v) is 16.4. The molecule has 1 saturated heterocycles. The summed E-state index contributed by atoms with van der Waals surface area (Å²) >= 11 is 0. The molecule has 1 aromatic heterocycles. The number of carboxylic acids is 1. The second kappa shape index (κ2) is 7.96. The van der Waals surface area contributed by atoms with Crippen LogP contribution in [0.5, 0.6) is 0 Å². The number of benzene rings is 1. The van der Waals surface area contributed by atoms with Gasteiger partial charge in [0.1, 0.15) is 0 Å². The Morgan fingerprint density at radius 2 is 1.93 bits per heavy atom. The number of amides is 1. The minimum atomic E-state index is -0.939. The van der Waals surface area contributed by atoms with Crippen molar-refractivity contribution < 1.29 is 19.5 Å². The van der Waals surface area contributed by atoms with E-state index in [1.54, 1.807) is 28.6 Å². The molecule has 28 heavy (non-hydrogen) atoms. The van der Waals surface area contributed by atoms with E-state index in [2.05, 4.69) is 5.10 Å². The Kier molecular flexibility index (Phi) is 5.63. The molecule has 1 fully saturated rings. The molecule has 0 unspecified atom stereocenters. The molecule has 3 rings (SSSR count). The van der Waals surface area contributed by atoms with Gasteiger partial charge in [-0.25, -0.2) is 4.79 Å². The van der Waals surface area contributed by atoms with Crippen molar-refractivity contribution >= 4 is 17.7 Å². The lowest BCUT2D eigenvalue weighted by molar-refractivity contribution is -0.130. The number of aromatic carboxylic acids is 1. The number of hydrogen-bond acceptors (Lipinski definition) is 4. The Morgan fingerprint density at radius 1 is 1.21 bits per heavy atom. The molecule has 7 heteroatoms. The number of Topliss-reactive ketones (excluding diaryl/α,β-unsaturated/α-hetero) is 1. The van der Waals surface area contributed by atoms with Gasteiger partial charge in [-0.15, -0.1) is 0 Å². The number of carboxylic acid groups (broad SMARTS) is 1. The highest BCUT2D eigenvalue weighted by atomic mass is 16.4. The van der Waals surface area contributed by atoms with Crippen molar-refractivity contribution in [2.75, 3.05) is 13.1 Å². The number of likely N-dealkylation sites (tertiary alicyclic amines) is 1. The fourth-order valence-electron chi connectivity index (χ4n) is 4.07. The van der Waals surface area contributed by atoms with Crippen LogP contribution in [-0.2, 0) is 11.3 Å². The maximum absolute atomic E-state index is 12.7. The monoisotopic (exact) mass is 383 g/mol. The summed E-state index contributed by atoms with van der Waals surface area (Å²) in [6.07, 6.45) is 1.05. The number of rotatable bonds is 6. The lowest BCUT2D eigenvalue weighted by Crippen LogP contribution is -2.29. The van der Waals surface area contributed by atoms with Gasteiger partial charge in [-0.3, -0.25) is 14.3 Å². The minimum absolute atomic E-state index is 0.0206. The van der Waals surface area contributed by atoms with Crippen LogP contribution in [0, 0.1) is 13.8 Å². The van der Waals surface area contributed by atoms with Crippen LogP contribution in [0.1, 0.15) is 63.4 Å². The van der Waals surface area contributed by atoms with Crippen molar-refractivity contribution in [3.05, 3.63) is 52.3 Å². The van der Waals surface area contributed by atoms with Crippen LogP contribution in [0.25, 0.3) is 0 Å². The van der Waals surface area contributed by atoms with E-state index in [4.69, 9.17) is 0 Å². The SMILES string of the molecule is CC(=O)c1c(C)nn(CCC(=O)N2CC[C@H](c3ccccc3C(=O)O)C2)c1C. The standard InChI is InChI=1S/C21H25N3O4/c1-13-20(15(3)25)14(2)24(22-13)11-9-19(26)23-10-8-16(12-23)17-6-4-5-7-18(17)21(27)28/h4-7,16H,8-12H2,1-3H3,(H,27,28)/t16-/m0/s1. The average molecular weight is 383 g/mol. The molecule has 1 aromatic carbocycles. The van der Waals surface area contributed by atoms with Gasteiger partial charge in [0.15, 0.2) is 5.78 Å². The van der Waals surface area contributed by atoms with Crippen LogP contribution in [0.4, 0.5) is 0 Å². The Bertz CT molecular complexity index is 932. The molecule has 0 aliphatic carbocycles. The normalized spacial score (nSPS) is 16.4. The molecule has 2 aromatic rings. The van der Waals surface area contributed by atoms with Crippen LogP contribution >= 0.6 is 0 Å². The second-order valence-corrected chi connectivity index (χ2v) is 7.29. The lowest BCUT2D eigenvalue weighted by atomic mass is 9.93. The summed E-state index contributed by atoms with van der Waals surface area (Å²) in [7, 11) is 0. The highest BCUT2D eigenvalue weighted by Crippen LogP contribution is 2.30. The van der Waals surface area contributed by atoms with Gasteiger partial charge in [-0.1, -0.05) is 18.2 Å². The van der Waals surface area contributed by atoms with Crippen LogP contribution in [0.2, 0.25) is 0 Å². The second-order valence-electron chi connectivity index (χ2n) is 7.29. The maximum atomic E-state index is 12.7. The Balaban J connectivity index is 1.64. The molecule has 0 bridgehead atoms. The molecule has 1 atom stereocenters.